The van der Waals surface area contributed by atoms with E-state index in [-0.39, 0.29) is 31.8 Å². The summed E-state index contributed by atoms with van der Waals surface area (Å²) in [6.45, 7) is 6.30. The molecule has 0 bridgehead atoms. The summed E-state index contributed by atoms with van der Waals surface area (Å²) in [5, 5.41) is 10.4. The quantitative estimate of drug-likeness (QED) is 0.0278. The van der Waals surface area contributed by atoms with Gasteiger partial charge in [0.25, 0.3) is 0 Å². The van der Waals surface area contributed by atoms with Crippen LogP contribution in [0.5, 0.6) is 0 Å². The molecular formula is C60H108O8. The first kappa shape index (κ1) is 63.6. The van der Waals surface area contributed by atoms with Gasteiger partial charge in [-0.3, -0.25) is 14.4 Å². The second kappa shape index (κ2) is 49.5. The van der Waals surface area contributed by atoms with Gasteiger partial charge in [0.2, 0.25) is 0 Å². The maximum Gasteiger partial charge on any atom is 0.306 e. The van der Waals surface area contributed by atoms with Crippen LogP contribution in [0.15, 0.2) is 36.5 Å². The van der Waals surface area contributed by atoms with Crippen LogP contribution in [-0.4, -0.2) is 60.6 Å². The molecule has 0 spiro atoms. The molecule has 0 aromatic heterocycles. The zero-order valence-electron chi connectivity index (χ0n) is 44.7. The van der Waals surface area contributed by atoms with Crippen LogP contribution in [-0.2, 0) is 33.3 Å². The molecular weight excluding hydrogens is 849 g/mol. The normalized spacial score (nSPS) is 16.7. The third-order valence-corrected chi connectivity index (χ3v) is 13.5. The van der Waals surface area contributed by atoms with Crippen LogP contribution in [0, 0.1) is 0 Å². The molecule has 1 saturated heterocycles. The zero-order chi connectivity index (χ0) is 49.2. The van der Waals surface area contributed by atoms with Gasteiger partial charge < -0.3 is 24.1 Å². The van der Waals surface area contributed by atoms with Gasteiger partial charge >= 0.3 is 17.9 Å². The van der Waals surface area contributed by atoms with Gasteiger partial charge in [-0.05, 0) is 96.3 Å². The van der Waals surface area contributed by atoms with E-state index in [9.17, 15) is 19.5 Å². The number of allylic oxidation sites excluding steroid dienone is 6. The average Bonchev–Trinajstić information content (AvgIpc) is 3.72. The van der Waals surface area contributed by atoms with Crippen molar-refractivity contribution in [2.45, 2.75) is 315 Å². The summed E-state index contributed by atoms with van der Waals surface area (Å²) >= 11 is 0. The molecule has 396 valence electrons. The van der Waals surface area contributed by atoms with Gasteiger partial charge in [0.1, 0.15) is 6.10 Å². The van der Waals surface area contributed by atoms with E-state index in [2.05, 4.69) is 57.2 Å². The minimum atomic E-state index is -1.03. The Balaban J connectivity index is 2.51. The van der Waals surface area contributed by atoms with Crippen molar-refractivity contribution in [3.05, 3.63) is 36.5 Å². The van der Waals surface area contributed by atoms with Crippen molar-refractivity contribution < 1.29 is 38.4 Å². The maximum atomic E-state index is 13.2. The summed E-state index contributed by atoms with van der Waals surface area (Å²) in [6, 6.07) is 0. The molecule has 1 fully saturated rings. The van der Waals surface area contributed by atoms with E-state index in [1.807, 2.05) is 0 Å². The Morgan fingerprint density at radius 3 is 1.06 bits per heavy atom. The number of carbonyl (C=O) groups excluding carboxylic acids is 3. The third kappa shape index (κ3) is 39.3. The van der Waals surface area contributed by atoms with Crippen molar-refractivity contribution in [3.63, 3.8) is 0 Å². The van der Waals surface area contributed by atoms with Crippen molar-refractivity contribution in [2.24, 2.45) is 0 Å². The first-order valence-corrected chi connectivity index (χ1v) is 29.2. The van der Waals surface area contributed by atoms with E-state index >= 15 is 0 Å². The maximum absolute atomic E-state index is 13.2. The molecule has 0 aliphatic carbocycles. The molecule has 0 aromatic rings. The SMILES string of the molecule is CCCCCCCC/C=C/CCCCCCCC(=O)OC(CO)C1OCC(OC(=O)CCCCCCC/C=C/CCCCCCCC)C1OC(=O)CCCCCCC/C=C/CCCCCCCC. The highest BCUT2D eigenvalue weighted by atomic mass is 16.6. The van der Waals surface area contributed by atoms with Crippen LogP contribution in [0.3, 0.4) is 0 Å². The minimum absolute atomic E-state index is 0.0103. The molecule has 8 nitrogen and oxygen atoms in total. The zero-order valence-corrected chi connectivity index (χ0v) is 44.7. The Morgan fingerprint density at radius 2 is 0.721 bits per heavy atom. The fourth-order valence-electron chi connectivity index (χ4n) is 9.06. The van der Waals surface area contributed by atoms with Crippen molar-refractivity contribution in [1.29, 1.82) is 0 Å². The van der Waals surface area contributed by atoms with Crippen LogP contribution >= 0.6 is 0 Å². The highest BCUT2D eigenvalue weighted by Crippen LogP contribution is 2.27. The smallest absolute Gasteiger partial charge is 0.306 e. The lowest BCUT2D eigenvalue weighted by Gasteiger charge is -2.28. The first-order chi connectivity index (χ1) is 33.5. The molecule has 1 heterocycles. The Bertz CT molecular complexity index is 1230. The molecule has 0 aromatic carbocycles. The Kier molecular flexibility index (Phi) is 46.3. The number of ether oxygens (including phenoxy) is 4. The summed E-state index contributed by atoms with van der Waals surface area (Å²) in [5.74, 6) is -1.15. The number of aliphatic hydroxyl groups excluding tert-OH is 1. The standard InChI is InChI=1S/C60H108O8/c1-4-7-10-13-16-19-22-25-28-31-34-37-40-43-46-49-56(62)66-54(52-61)59-60(68-58(64)51-48-45-42-39-36-33-30-27-24-21-18-15-12-9-6-3)55(53-65-59)67-57(63)50-47-44-41-38-35-32-29-26-23-20-17-14-11-8-5-2/h25-30,54-55,59-61H,4-24,31-53H2,1-3H3/b28-25+,29-26+,30-27+. The summed E-state index contributed by atoms with van der Waals surface area (Å²) in [4.78, 5) is 39.3. The fraction of sp³-hybridized carbons (Fsp3) is 0.850. The third-order valence-electron chi connectivity index (χ3n) is 13.5. The van der Waals surface area contributed by atoms with Crippen LogP contribution in [0.4, 0.5) is 0 Å². The second-order valence-electron chi connectivity index (χ2n) is 20.0. The Morgan fingerprint density at radius 1 is 0.426 bits per heavy atom. The van der Waals surface area contributed by atoms with Gasteiger partial charge in [-0.1, -0.05) is 211 Å². The topological polar surface area (TPSA) is 108 Å². The van der Waals surface area contributed by atoms with Crippen LogP contribution < -0.4 is 0 Å². The van der Waals surface area contributed by atoms with Crippen molar-refractivity contribution >= 4 is 17.9 Å². The lowest BCUT2D eigenvalue weighted by atomic mass is 10.1. The predicted molar refractivity (Wildman–Crippen MR) is 285 cm³/mol. The first-order valence-electron chi connectivity index (χ1n) is 29.2. The van der Waals surface area contributed by atoms with Gasteiger partial charge in [0, 0.05) is 19.3 Å². The summed E-state index contributed by atoms with van der Waals surface area (Å²) in [6.07, 6.45) is 56.9. The number of hydrogen-bond donors (Lipinski definition) is 1. The van der Waals surface area contributed by atoms with Crippen molar-refractivity contribution in [3.8, 4) is 0 Å². The number of carbonyl (C=O) groups is 3. The molecule has 1 rings (SSSR count). The highest BCUT2D eigenvalue weighted by Gasteiger charge is 2.47. The molecule has 1 aliphatic rings. The lowest BCUT2D eigenvalue weighted by Crippen LogP contribution is -2.46. The van der Waals surface area contributed by atoms with E-state index in [0.717, 1.165) is 103 Å². The average molecular weight is 958 g/mol. The largest absolute Gasteiger partial charge is 0.457 e. The second-order valence-corrected chi connectivity index (χ2v) is 20.0. The van der Waals surface area contributed by atoms with Gasteiger partial charge in [0.05, 0.1) is 13.2 Å². The summed E-state index contributed by atoms with van der Waals surface area (Å²) in [5.41, 5.74) is 0. The highest BCUT2D eigenvalue weighted by molar-refractivity contribution is 5.71. The van der Waals surface area contributed by atoms with Crippen molar-refractivity contribution in [1.82, 2.24) is 0 Å². The molecule has 0 saturated carbocycles. The van der Waals surface area contributed by atoms with Gasteiger partial charge in [-0.2, -0.15) is 0 Å². The van der Waals surface area contributed by atoms with E-state index in [0.29, 0.717) is 12.8 Å². The van der Waals surface area contributed by atoms with E-state index < -0.39 is 43.0 Å². The number of esters is 3. The number of aliphatic hydroxyl groups is 1. The molecule has 4 unspecified atom stereocenters. The monoisotopic (exact) mass is 957 g/mol. The fourth-order valence-corrected chi connectivity index (χ4v) is 9.06. The predicted octanol–water partition coefficient (Wildman–Crippen LogP) is 17.2. The summed E-state index contributed by atoms with van der Waals surface area (Å²) in [7, 11) is 0. The lowest BCUT2D eigenvalue weighted by molar-refractivity contribution is -0.175. The van der Waals surface area contributed by atoms with Crippen LogP contribution in [0.1, 0.15) is 290 Å². The molecule has 8 heteroatoms. The molecule has 0 radical (unpaired) electrons. The number of unbranched alkanes of at least 4 members (excludes halogenated alkanes) is 33. The van der Waals surface area contributed by atoms with Gasteiger partial charge in [-0.15, -0.1) is 0 Å². The van der Waals surface area contributed by atoms with Gasteiger partial charge in [0.15, 0.2) is 18.3 Å². The van der Waals surface area contributed by atoms with Crippen LogP contribution in [0.2, 0.25) is 0 Å². The molecule has 0 amide bonds. The number of rotatable bonds is 50. The molecule has 1 N–H and O–H groups in total. The minimum Gasteiger partial charge on any atom is -0.457 e. The Labute approximate surface area is 419 Å². The van der Waals surface area contributed by atoms with E-state index in [1.54, 1.807) is 0 Å². The number of hydrogen-bond acceptors (Lipinski definition) is 8. The van der Waals surface area contributed by atoms with E-state index in [1.165, 1.54) is 135 Å². The van der Waals surface area contributed by atoms with Gasteiger partial charge in [-0.25, -0.2) is 0 Å². The van der Waals surface area contributed by atoms with E-state index in [4.69, 9.17) is 18.9 Å². The molecule has 1 aliphatic heterocycles. The summed E-state index contributed by atoms with van der Waals surface area (Å²) < 4.78 is 23.6. The molecule has 4 atom stereocenters. The molecule has 68 heavy (non-hydrogen) atoms. The van der Waals surface area contributed by atoms with Crippen molar-refractivity contribution in [2.75, 3.05) is 13.2 Å². The van der Waals surface area contributed by atoms with Crippen LogP contribution in [0.25, 0.3) is 0 Å². The Hall–Kier alpha value is -2.45.